The van der Waals surface area contributed by atoms with E-state index < -0.39 is 0 Å². The van der Waals surface area contributed by atoms with E-state index in [0.717, 1.165) is 40.2 Å². The maximum absolute atomic E-state index is 13.4. The molecule has 4 aromatic rings. The molecule has 2 heterocycles. The number of amides is 2. The third-order valence-corrected chi connectivity index (χ3v) is 6.62. The summed E-state index contributed by atoms with van der Waals surface area (Å²) in [5.41, 5.74) is 4.69. The number of anilines is 1. The van der Waals surface area contributed by atoms with Gasteiger partial charge in [-0.2, -0.15) is 0 Å². The van der Waals surface area contributed by atoms with Crippen LogP contribution in [0, 0.1) is 5.82 Å². The molecule has 1 fully saturated rings. The van der Waals surface area contributed by atoms with Crippen LogP contribution in [-0.2, 0) is 17.8 Å². The Morgan fingerprint density at radius 3 is 2.42 bits per heavy atom. The highest BCUT2D eigenvalue weighted by atomic mass is 32.2. The maximum Gasteiger partial charge on any atom is 0.298 e. The summed E-state index contributed by atoms with van der Waals surface area (Å²) in [6, 6.07) is 21.6. The minimum absolute atomic E-state index is 0.264. The molecule has 0 N–H and O–H groups in total. The standard InChI is InChI=1S/C27H21FN2O2S/c1-2-19-7-6-10-23-20(17-29(25(19)23)16-18-11-13-21(28)14-12-18)15-24-26(31)30(27(32)33-24)22-8-4-3-5-9-22/h3-15,17H,2,16H2,1H3/b24-15-. The van der Waals surface area contributed by atoms with Crippen molar-refractivity contribution in [1.29, 1.82) is 0 Å². The Morgan fingerprint density at radius 1 is 0.939 bits per heavy atom. The van der Waals surface area contributed by atoms with Crippen molar-refractivity contribution in [2.45, 2.75) is 19.9 Å². The lowest BCUT2D eigenvalue weighted by molar-refractivity contribution is -0.113. The molecule has 0 radical (unpaired) electrons. The Labute approximate surface area is 195 Å². The van der Waals surface area contributed by atoms with Crippen molar-refractivity contribution in [2.24, 2.45) is 0 Å². The molecule has 0 unspecified atom stereocenters. The predicted molar refractivity (Wildman–Crippen MR) is 132 cm³/mol. The molecule has 33 heavy (non-hydrogen) atoms. The fourth-order valence-electron chi connectivity index (χ4n) is 4.19. The van der Waals surface area contributed by atoms with Crippen LogP contribution in [0.3, 0.4) is 0 Å². The molecule has 0 aliphatic carbocycles. The SMILES string of the molecule is CCc1cccc2c(/C=C3\SC(=O)N(c4ccccc4)C3=O)cn(Cc3ccc(F)cc3)c12. The van der Waals surface area contributed by atoms with Gasteiger partial charge in [0.25, 0.3) is 11.1 Å². The number of carbonyl (C=O) groups is 2. The van der Waals surface area contributed by atoms with Gasteiger partial charge >= 0.3 is 0 Å². The van der Waals surface area contributed by atoms with Crippen molar-refractivity contribution in [3.63, 3.8) is 0 Å². The van der Waals surface area contributed by atoms with Gasteiger partial charge in [0, 0.05) is 23.7 Å². The highest BCUT2D eigenvalue weighted by Crippen LogP contribution is 2.37. The Balaban J connectivity index is 1.57. The van der Waals surface area contributed by atoms with Crippen LogP contribution in [0.15, 0.2) is 83.9 Å². The number of thioether (sulfide) groups is 1. The van der Waals surface area contributed by atoms with E-state index in [1.165, 1.54) is 22.6 Å². The molecule has 1 aliphatic heterocycles. The number of rotatable bonds is 5. The van der Waals surface area contributed by atoms with E-state index in [0.29, 0.717) is 17.1 Å². The van der Waals surface area contributed by atoms with Gasteiger partial charge in [0.1, 0.15) is 5.82 Å². The van der Waals surface area contributed by atoms with Gasteiger partial charge in [-0.1, -0.05) is 55.5 Å². The molecule has 0 bridgehead atoms. The second-order valence-electron chi connectivity index (χ2n) is 7.86. The van der Waals surface area contributed by atoms with E-state index in [4.69, 9.17) is 0 Å². The minimum Gasteiger partial charge on any atom is -0.342 e. The van der Waals surface area contributed by atoms with E-state index in [1.807, 2.05) is 24.4 Å². The number of aromatic nitrogens is 1. The van der Waals surface area contributed by atoms with E-state index in [-0.39, 0.29) is 17.0 Å². The molecule has 0 atom stereocenters. The van der Waals surface area contributed by atoms with Crippen LogP contribution in [-0.4, -0.2) is 15.7 Å². The number of aryl methyl sites for hydroxylation is 1. The second-order valence-corrected chi connectivity index (χ2v) is 8.85. The number of hydrogen-bond acceptors (Lipinski definition) is 3. The average Bonchev–Trinajstić information content (AvgIpc) is 3.32. The molecule has 4 nitrogen and oxygen atoms in total. The molecule has 1 aromatic heterocycles. The molecular weight excluding hydrogens is 435 g/mol. The van der Waals surface area contributed by atoms with Gasteiger partial charge < -0.3 is 4.57 Å². The molecule has 1 aliphatic rings. The van der Waals surface area contributed by atoms with Crippen molar-refractivity contribution in [1.82, 2.24) is 4.57 Å². The highest BCUT2D eigenvalue weighted by Gasteiger charge is 2.36. The fourth-order valence-corrected chi connectivity index (χ4v) is 5.02. The first-order chi connectivity index (χ1) is 16.0. The summed E-state index contributed by atoms with van der Waals surface area (Å²) in [5.74, 6) is -0.581. The highest BCUT2D eigenvalue weighted by molar-refractivity contribution is 8.19. The lowest BCUT2D eigenvalue weighted by Gasteiger charge is -2.11. The fraction of sp³-hybridized carbons (Fsp3) is 0.111. The molecule has 3 aromatic carbocycles. The largest absolute Gasteiger partial charge is 0.342 e. The van der Waals surface area contributed by atoms with Crippen LogP contribution in [0.25, 0.3) is 17.0 Å². The lowest BCUT2D eigenvalue weighted by atomic mass is 10.1. The van der Waals surface area contributed by atoms with Crippen molar-refractivity contribution in [3.05, 3.63) is 106 Å². The monoisotopic (exact) mass is 456 g/mol. The number of para-hydroxylation sites is 2. The summed E-state index contributed by atoms with van der Waals surface area (Å²) in [4.78, 5) is 27.3. The van der Waals surface area contributed by atoms with E-state index >= 15 is 0 Å². The van der Waals surface area contributed by atoms with Gasteiger partial charge in [-0.3, -0.25) is 9.59 Å². The first kappa shape index (κ1) is 21.2. The quantitative estimate of drug-likeness (QED) is 0.317. The summed E-state index contributed by atoms with van der Waals surface area (Å²) in [7, 11) is 0. The van der Waals surface area contributed by atoms with Gasteiger partial charge in [-0.25, -0.2) is 9.29 Å². The zero-order valence-corrected chi connectivity index (χ0v) is 18.8. The van der Waals surface area contributed by atoms with Crippen LogP contribution in [0.2, 0.25) is 0 Å². The number of carbonyl (C=O) groups excluding carboxylic acids is 2. The lowest BCUT2D eigenvalue weighted by Crippen LogP contribution is -2.27. The maximum atomic E-state index is 13.4. The molecule has 2 amide bonds. The number of nitrogens with zero attached hydrogens (tertiary/aromatic N) is 2. The number of benzene rings is 3. The Bertz CT molecular complexity index is 1390. The Morgan fingerprint density at radius 2 is 1.70 bits per heavy atom. The first-order valence-electron chi connectivity index (χ1n) is 10.7. The molecule has 0 saturated carbocycles. The average molecular weight is 457 g/mol. The van der Waals surface area contributed by atoms with Crippen LogP contribution in [0.4, 0.5) is 14.9 Å². The van der Waals surface area contributed by atoms with Gasteiger partial charge in [0.05, 0.1) is 16.1 Å². The van der Waals surface area contributed by atoms with Crippen LogP contribution < -0.4 is 4.90 Å². The normalized spacial score (nSPS) is 15.2. The zero-order chi connectivity index (χ0) is 22.9. The number of hydrogen-bond donors (Lipinski definition) is 0. The second kappa shape index (κ2) is 8.71. The molecule has 6 heteroatoms. The van der Waals surface area contributed by atoms with Crippen molar-refractivity contribution >= 4 is 45.6 Å². The van der Waals surface area contributed by atoms with Gasteiger partial charge in [-0.15, -0.1) is 0 Å². The molecule has 164 valence electrons. The minimum atomic E-state index is -0.317. The van der Waals surface area contributed by atoms with Crippen LogP contribution in [0.1, 0.15) is 23.6 Å². The van der Waals surface area contributed by atoms with Crippen molar-refractivity contribution in [2.75, 3.05) is 4.90 Å². The van der Waals surface area contributed by atoms with Crippen molar-refractivity contribution < 1.29 is 14.0 Å². The molecule has 5 rings (SSSR count). The zero-order valence-electron chi connectivity index (χ0n) is 18.0. The predicted octanol–water partition coefficient (Wildman–Crippen LogP) is 6.63. The van der Waals surface area contributed by atoms with Crippen LogP contribution >= 0.6 is 11.8 Å². The third kappa shape index (κ3) is 3.98. The summed E-state index contributed by atoms with van der Waals surface area (Å²) in [6.07, 6.45) is 4.66. The third-order valence-electron chi connectivity index (χ3n) is 5.75. The van der Waals surface area contributed by atoms with E-state index in [1.54, 1.807) is 42.5 Å². The van der Waals surface area contributed by atoms with E-state index in [2.05, 4.69) is 17.6 Å². The van der Waals surface area contributed by atoms with Gasteiger partial charge in [-0.05, 0) is 59.7 Å². The van der Waals surface area contributed by atoms with Gasteiger partial charge in [0.2, 0.25) is 0 Å². The molecule has 0 spiro atoms. The number of halogens is 1. The first-order valence-corrected chi connectivity index (χ1v) is 11.5. The van der Waals surface area contributed by atoms with Crippen molar-refractivity contribution in [3.8, 4) is 0 Å². The molecule has 1 saturated heterocycles. The summed E-state index contributed by atoms with van der Waals surface area (Å²) in [6.45, 7) is 2.68. The summed E-state index contributed by atoms with van der Waals surface area (Å²) in [5, 5.41) is 0.713. The van der Waals surface area contributed by atoms with Crippen LogP contribution in [0.5, 0.6) is 0 Å². The molecular formula is C27H21FN2O2S. The topological polar surface area (TPSA) is 42.3 Å². The summed E-state index contributed by atoms with van der Waals surface area (Å²) < 4.78 is 15.5. The van der Waals surface area contributed by atoms with E-state index in [9.17, 15) is 14.0 Å². The summed E-state index contributed by atoms with van der Waals surface area (Å²) >= 11 is 0.952. The van der Waals surface area contributed by atoms with Gasteiger partial charge in [0.15, 0.2) is 0 Å². The number of fused-ring (bicyclic) bond motifs is 1. The Hall–Kier alpha value is -3.64. The smallest absolute Gasteiger partial charge is 0.298 e. The Kier molecular flexibility index (Phi) is 5.60. The number of imide groups is 1.